The lowest BCUT2D eigenvalue weighted by molar-refractivity contribution is -0.882. The Kier molecular flexibility index (Phi) is 14.3. The molecule has 4 nitrogen and oxygen atoms in total. The first-order chi connectivity index (χ1) is 13.2. The van der Waals surface area contributed by atoms with Gasteiger partial charge in [-0.2, -0.15) is 0 Å². The number of benzene rings is 1. The first-order valence-corrected chi connectivity index (χ1v) is 11.1. The molecule has 0 heterocycles. The van der Waals surface area contributed by atoms with E-state index in [0.29, 0.717) is 23.6 Å². The molecule has 0 radical (unpaired) electrons. The monoisotopic (exact) mass is 470 g/mol. The number of nitrogens with one attached hydrogen (secondary N) is 1. The summed E-state index contributed by atoms with van der Waals surface area (Å²) >= 11 is 0. The molecule has 0 aliphatic heterocycles. The molecule has 0 aromatic heterocycles. The molecule has 29 heavy (non-hydrogen) atoms. The fourth-order valence-electron chi connectivity index (χ4n) is 3.40. The van der Waals surface area contributed by atoms with Crippen LogP contribution in [0.25, 0.3) is 0 Å². The minimum absolute atomic E-state index is 0. The molecule has 1 rings (SSSR count). The lowest BCUT2D eigenvalue weighted by atomic mass is 10.0. The van der Waals surface area contributed by atoms with Crippen molar-refractivity contribution in [1.29, 1.82) is 0 Å². The van der Waals surface area contributed by atoms with Crippen LogP contribution in [0.2, 0.25) is 0 Å². The molecule has 0 saturated heterocycles. The molecule has 1 aromatic rings. The van der Waals surface area contributed by atoms with Gasteiger partial charge in [-0.25, -0.2) is 0 Å². The van der Waals surface area contributed by atoms with E-state index in [-0.39, 0.29) is 22.9 Å². The van der Waals surface area contributed by atoms with E-state index in [0.717, 1.165) is 31.7 Å². The molecule has 168 valence electrons. The van der Waals surface area contributed by atoms with Crippen LogP contribution in [0.3, 0.4) is 0 Å². The molecule has 1 amide bonds. The van der Waals surface area contributed by atoms with Crippen LogP contribution < -0.4 is 27.0 Å². The zero-order valence-electron chi connectivity index (χ0n) is 19.5. The Morgan fingerprint density at radius 1 is 1.10 bits per heavy atom. The predicted octanol–water partition coefficient (Wildman–Crippen LogP) is 2.05. The van der Waals surface area contributed by atoms with E-state index in [9.17, 15) is 4.79 Å². The van der Waals surface area contributed by atoms with Gasteiger partial charge in [0, 0.05) is 13.0 Å². The molecule has 0 aliphatic carbocycles. The quantitative estimate of drug-likeness (QED) is 0.333. The Balaban J connectivity index is 0.00000784. The zero-order chi connectivity index (χ0) is 21.0. The number of hydrogen-bond donors (Lipinski definition) is 1. The molecule has 0 atom stereocenters. The van der Waals surface area contributed by atoms with Gasteiger partial charge in [-0.15, -0.1) is 0 Å². The van der Waals surface area contributed by atoms with Crippen LogP contribution in [0.4, 0.5) is 0 Å². The van der Waals surface area contributed by atoms with Gasteiger partial charge in [0.15, 0.2) is 6.54 Å². The minimum Gasteiger partial charge on any atom is -1.00 e. The number of amides is 1. The minimum atomic E-state index is 0. The average molecular weight is 472 g/mol. The summed E-state index contributed by atoms with van der Waals surface area (Å²) in [5, 5.41) is 3.07. The Hall–Kier alpha value is -1.07. The normalized spacial score (nSPS) is 11.3. The highest BCUT2D eigenvalue weighted by molar-refractivity contribution is 5.76. The van der Waals surface area contributed by atoms with Crippen molar-refractivity contribution in [2.24, 2.45) is 0 Å². The molecule has 0 bridgehead atoms. The van der Waals surface area contributed by atoms with Crippen LogP contribution in [0.1, 0.15) is 76.3 Å². The van der Waals surface area contributed by atoms with Gasteiger partial charge < -0.3 is 31.5 Å². The highest BCUT2D eigenvalue weighted by Gasteiger charge is 2.19. The van der Waals surface area contributed by atoms with Gasteiger partial charge in [-0.3, -0.25) is 4.79 Å². The van der Waals surface area contributed by atoms with Gasteiger partial charge in [-0.05, 0) is 36.5 Å². The van der Waals surface area contributed by atoms with Crippen LogP contribution in [0.15, 0.2) is 18.2 Å². The first-order valence-electron chi connectivity index (χ1n) is 11.1. The average Bonchev–Trinajstić information content (AvgIpc) is 2.61. The largest absolute Gasteiger partial charge is 1.00 e. The second kappa shape index (κ2) is 14.8. The molecular weight excluding hydrogens is 428 g/mol. The van der Waals surface area contributed by atoms with Crippen molar-refractivity contribution < 1.29 is 31.0 Å². The standard InChI is InChI=1S/C24H42N2O2.BrH/c1-7-8-9-10-11-15-25-24(27)19-26(5,6)16-12-17-28-23-18-21(4)13-14-22(23)20(2)3;/h13-14,18,20H,7-12,15-17,19H2,1-6H3;1H. The second-order valence-corrected chi connectivity index (χ2v) is 8.98. The van der Waals surface area contributed by atoms with E-state index in [1.807, 2.05) is 0 Å². The summed E-state index contributed by atoms with van der Waals surface area (Å²) in [6.45, 7) is 11.6. The number of nitrogens with zero attached hydrogens (tertiary/aromatic N) is 1. The summed E-state index contributed by atoms with van der Waals surface area (Å²) < 4.78 is 6.77. The number of likely N-dealkylation sites (N-methyl/N-ethyl adjacent to an activating group) is 1. The number of rotatable bonds is 14. The van der Waals surface area contributed by atoms with Crippen molar-refractivity contribution in [3.63, 3.8) is 0 Å². The van der Waals surface area contributed by atoms with E-state index < -0.39 is 0 Å². The molecule has 5 heteroatoms. The van der Waals surface area contributed by atoms with Crippen LogP contribution >= 0.6 is 0 Å². The summed E-state index contributed by atoms with van der Waals surface area (Å²) in [7, 11) is 4.24. The highest BCUT2D eigenvalue weighted by atomic mass is 79.9. The summed E-state index contributed by atoms with van der Waals surface area (Å²) in [6, 6.07) is 6.44. The van der Waals surface area contributed by atoms with Crippen molar-refractivity contribution in [1.82, 2.24) is 5.32 Å². The molecule has 0 aliphatic rings. The third-order valence-electron chi connectivity index (χ3n) is 5.13. The van der Waals surface area contributed by atoms with Crippen LogP contribution in [0.5, 0.6) is 5.75 Å². The number of carbonyl (C=O) groups excluding carboxylic acids is 1. The molecule has 0 spiro atoms. The highest BCUT2D eigenvalue weighted by Crippen LogP contribution is 2.27. The summed E-state index contributed by atoms with van der Waals surface area (Å²) in [5.74, 6) is 1.61. The van der Waals surface area contributed by atoms with Gasteiger partial charge in [0.2, 0.25) is 0 Å². The molecule has 0 saturated carbocycles. The van der Waals surface area contributed by atoms with Gasteiger partial charge >= 0.3 is 0 Å². The Bertz CT molecular complexity index is 588. The van der Waals surface area contributed by atoms with Crippen molar-refractivity contribution in [2.45, 2.75) is 72.1 Å². The maximum Gasteiger partial charge on any atom is 0.275 e. The van der Waals surface area contributed by atoms with E-state index in [1.165, 1.54) is 36.8 Å². The maximum atomic E-state index is 12.2. The van der Waals surface area contributed by atoms with Crippen molar-refractivity contribution in [3.8, 4) is 5.75 Å². The number of quaternary nitrogens is 1. The van der Waals surface area contributed by atoms with E-state index in [1.54, 1.807) is 0 Å². The fraction of sp³-hybridized carbons (Fsp3) is 0.708. The fourth-order valence-corrected chi connectivity index (χ4v) is 3.40. The third kappa shape index (κ3) is 12.3. The lowest BCUT2D eigenvalue weighted by Gasteiger charge is -2.29. The molecule has 1 N–H and O–H groups in total. The van der Waals surface area contributed by atoms with Gasteiger partial charge in [0.05, 0.1) is 27.2 Å². The Labute approximate surface area is 189 Å². The number of aryl methyl sites for hydroxylation is 1. The van der Waals surface area contributed by atoms with Crippen molar-refractivity contribution in [3.05, 3.63) is 29.3 Å². The summed E-state index contributed by atoms with van der Waals surface area (Å²) in [6.07, 6.45) is 7.05. The first kappa shape index (κ1) is 27.9. The maximum absolute atomic E-state index is 12.2. The number of ether oxygens (including phenoxy) is 1. The molecule has 0 fully saturated rings. The van der Waals surface area contributed by atoms with Gasteiger partial charge in [0.1, 0.15) is 5.75 Å². The van der Waals surface area contributed by atoms with Crippen molar-refractivity contribution >= 4 is 5.91 Å². The zero-order valence-corrected chi connectivity index (χ0v) is 21.1. The number of carbonyl (C=O) groups is 1. The van der Waals surface area contributed by atoms with Crippen LogP contribution in [-0.4, -0.2) is 50.7 Å². The van der Waals surface area contributed by atoms with E-state index >= 15 is 0 Å². The number of unbranched alkanes of at least 4 members (excludes halogenated alkanes) is 4. The Morgan fingerprint density at radius 2 is 1.79 bits per heavy atom. The van der Waals surface area contributed by atoms with E-state index in [2.05, 4.69) is 65.3 Å². The summed E-state index contributed by atoms with van der Waals surface area (Å²) in [5.41, 5.74) is 2.49. The molecular formula is C24H43BrN2O2. The number of halogens is 1. The van der Waals surface area contributed by atoms with Gasteiger partial charge in [-0.1, -0.05) is 58.6 Å². The van der Waals surface area contributed by atoms with Crippen LogP contribution in [0, 0.1) is 6.92 Å². The van der Waals surface area contributed by atoms with E-state index in [4.69, 9.17) is 4.74 Å². The SMILES string of the molecule is CCCCCCCNC(=O)C[N+](C)(C)CCCOc1cc(C)ccc1C(C)C.[Br-]. The molecule has 0 unspecified atom stereocenters. The van der Waals surface area contributed by atoms with Crippen molar-refractivity contribution in [2.75, 3.05) is 40.3 Å². The number of hydrogen-bond acceptors (Lipinski definition) is 2. The van der Waals surface area contributed by atoms with Gasteiger partial charge in [0.25, 0.3) is 5.91 Å². The van der Waals surface area contributed by atoms with Crippen LogP contribution in [-0.2, 0) is 4.79 Å². The summed E-state index contributed by atoms with van der Waals surface area (Å²) in [4.78, 5) is 12.2. The smallest absolute Gasteiger partial charge is 0.275 e. The molecule has 1 aromatic carbocycles. The predicted molar refractivity (Wildman–Crippen MR) is 119 cm³/mol. The Morgan fingerprint density at radius 3 is 2.45 bits per heavy atom. The second-order valence-electron chi connectivity index (χ2n) is 8.98. The topological polar surface area (TPSA) is 38.3 Å². The lowest BCUT2D eigenvalue weighted by Crippen LogP contribution is -3.00. The third-order valence-corrected chi connectivity index (χ3v) is 5.13.